The molecule has 106 valence electrons. The monoisotopic (exact) mass is 274 g/mol. The van der Waals surface area contributed by atoms with Crippen molar-refractivity contribution in [1.29, 1.82) is 0 Å². The van der Waals surface area contributed by atoms with Crippen molar-refractivity contribution in [2.75, 3.05) is 14.2 Å². The second kappa shape index (κ2) is 6.30. The van der Waals surface area contributed by atoms with Crippen LogP contribution < -0.4 is 14.2 Å². The van der Waals surface area contributed by atoms with Crippen molar-refractivity contribution in [3.8, 4) is 23.0 Å². The molecule has 0 saturated carbocycles. The van der Waals surface area contributed by atoms with Crippen LogP contribution in [0.15, 0.2) is 42.5 Å². The molecule has 0 amide bonds. The van der Waals surface area contributed by atoms with Crippen molar-refractivity contribution in [3.05, 3.63) is 48.0 Å². The van der Waals surface area contributed by atoms with Crippen molar-refractivity contribution in [3.63, 3.8) is 0 Å². The minimum Gasteiger partial charge on any atom is -0.496 e. The highest BCUT2D eigenvalue weighted by molar-refractivity contribution is 5.50. The fourth-order valence-electron chi connectivity index (χ4n) is 2.02. The van der Waals surface area contributed by atoms with Crippen molar-refractivity contribution in [1.82, 2.24) is 0 Å². The first-order chi connectivity index (χ1) is 9.67. The number of hydrogen-bond acceptors (Lipinski definition) is 4. The Balaban J connectivity index is 2.43. The van der Waals surface area contributed by atoms with Gasteiger partial charge < -0.3 is 19.3 Å². The fourth-order valence-corrected chi connectivity index (χ4v) is 2.02. The molecule has 2 aromatic rings. The summed E-state index contributed by atoms with van der Waals surface area (Å²) in [4.78, 5) is 0. The van der Waals surface area contributed by atoms with E-state index < -0.39 is 6.10 Å². The minimum absolute atomic E-state index is 0.545. The maximum absolute atomic E-state index is 9.93. The van der Waals surface area contributed by atoms with E-state index in [1.54, 1.807) is 33.3 Å². The van der Waals surface area contributed by atoms with Gasteiger partial charge in [-0.2, -0.15) is 0 Å². The quantitative estimate of drug-likeness (QED) is 0.905. The minimum atomic E-state index is -0.698. The molecule has 0 aromatic heterocycles. The third-order valence-electron chi connectivity index (χ3n) is 2.95. The number of benzene rings is 2. The highest BCUT2D eigenvalue weighted by atomic mass is 16.5. The summed E-state index contributed by atoms with van der Waals surface area (Å²) >= 11 is 0. The van der Waals surface area contributed by atoms with Crippen LogP contribution in [0.5, 0.6) is 23.0 Å². The summed E-state index contributed by atoms with van der Waals surface area (Å²) in [6.07, 6.45) is -0.698. The molecule has 4 heteroatoms. The van der Waals surface area contributed by atoms with Gasteiger partial charge in [0.25, 0.3) is 0 Å². The molecule has 2 rings (SSSR count). The number of aliphatic hydroxyl groups excluding tert-OH is 1. The lowest BCUT2D eigenvalue weighted by Crippen LogP contribution is -2.00. The Kier molecular flexibility index (Phi) is 4.48. The van der Waals surface area contributed by atoms with E-state index >= 15 is 0 Å². The first kappa shape index (κ1) is 14.2. The molecule has 2 aromatic carbocycles. The van der Waals surface area contributed by atoms with E-state index in [-0.39, 0.29) is 0 Å². The van der Waals surface area contributed by atoms with Crippen molar-refractivity contribution >= 4 is 0 Å². The van der Waals surface area contributed by atoms with E-state index in [1.165, 1.54) is 0 Å². The molecule has 0 aliphatic carbocycles. The van der Waals surface area contributed by atoms with Crippen LogP contribution in [-0.4, -0.2) is 19.3 Å². The number of methoxy groups -OCH3 is 2. The lowest BCUT2D eigenvalue weighted by Gasteiger charge is -2.17. The van der Waals surface area contributed by atoms with Crippen LogP contribution in [0.2, 0.25) is 0 Å². The molecular formula is C16H18O4. The first-order valence-corrected chi connectivity index (χ1v) is 6.33. The zero-order valence-electron chi connectivity index (χ0n) is 11.8. The van der Waals surface area contributed by atoms with Gasteiger partial charge in [-0.05, 0) is 31.2 Å². The fraction of sp³-hybridized carbons (Fsp3) is 0.250. The summed E-state index contributed by atoms with van der Waals surface area (Å²) in [5.74, 6) is 2.35. The molecule has 0 aliphatic heterocycles. The molecular weight excluding hydrogens is 256 g/mol. The van der Waals surface area contributed by atoms with E-state index in [2.05, 4.69) is 0 Å². The molecule has 1 unspecified atom stereocenters. The Morgan fingerprint density at radius 1 is 0.800 bits per heavy atom. The zero-order chi connectivity index (χ0) is 14.5. The Morgan fingerprint density at radius 3 is 1.95 bits per heavy atom. The van der Waals surface area contributed by atoms with E-state index in [0.29, 0.717) is 28.6 Å². The number of ether oxygens (including phenoxy) is 3. The molecule has 1 atom stereocenters. The Morgan fingerprint density at radius 2 is 1.35 bits per heavy atom. The maximum atomic E-state index is 9.93. The van der Waals surface area contributed by atoms with Gasteiger partial charge in [0.05, 0.1) is 25.9 Å². The first-order valence-electron chi connectivity index (χ1n) is 6.33. The molecule has 0 radical (unpaired) electrons. The average molecular weight is 274 g/mol. The molecule has 0 bridgehead atoms. The van der Waals surface area contributed by atoms with Crippen LogP contribution >= 0.6 is 0 Å². The van der Waals surface area contributed by atoms with Crippen LogP contribution in [0.1, 0.15) is 18.6 Å². The zero-order valence-corrected chi connectivity index (χ0v) is 11.8. The average Bonchev–Trinajstić information content (AvgIpc) is 2.47. The molecule has 4 nitrogen and oxygen atoms in total. The molecule has 0 fully saturated rings. The van der Waals surface area contributed by atoms with Crippen molar-refractivity contribution in [2.24, 2.45) is 0 Å². The van der Waals surface area contributed by atoms with Gasteiger partial charge in [0.2, 0.25) is 0 Å². The molecule has 1 N–H and O–H groups in total. The molecule has 0 heterocycles. The highest BCUT2D eigenvalue weighted by Crippen LogP contribution is 2.38. The normalized spacial score (nSPS) is 11.8. The molecule has 0 spiro atoms. The van der Waals surface area contributed by atoms with Gasteiger partial charge in [0, 0.05) is 0 Å². The predicted molar refractivity (Wildman–Crippen MR) is 76.7 cm³/mol. The number of aliphatic hydroxyl groups is 1. The standard InChI is InChI=1S/C16H18O4/c1-11(17)16-14(19-3)9-6-10-15(16)20-13-8-5-4-7-12(13)18-2/h4-11,17H,1-3H3. The van der Waals surface area contributed by atoms with E-state index in [1.807, 2.05) is 30.3 Å². The second-order valence-corrected chi connectivity index (χ2v) is 4.30. The molecule has 20 heavy (non-hydrogen) atoms. The number of rotatable bonds is 5. The maximum Gasteiger partial charge on any atom is 0.169 e. The van der Waals surface area contributed by atoms with Crippen molar-refractivity contribution in [2.45, 2.75) is 13.0 Å². The smallest absolute Gasteiger partial charge is 0.169 e. The molecule has 0 saturated heterocycles. The summed E-state index contributed by atoms with van der Waals surface area (Å²) in [6.45, 7) is 1.67. The van der Waals surface area contributed by atoms with E-state index in [0.717, 1.165) is 0 Å². The van der Waals surface area contributed by atoms with Gasteiger partial charge in [-0.3, -0.25) is 0 Å². The summed E-state index contributed by atoms with van der Waals surface area (Å²) in [5, 5.41) is 9.93. The van der Waals surface area contributed by atoms with Gasteiger partial charge in [0.15, 0.2) is 11.5 Å². The summed E-state index contributed by atoms with van der Waals surface area (Å²) < 4.78 is 16.4. The van der Waals surface area contributed by atoms with Crippen molar-refractivity contribution < 1.29 is 19.3 Å². The van der Waals surface area contributed by atoms with E-state index in [4.69, 9.17) is 14.2 Å². The lowest BCUT2D eigenvalue weighted by atomic mass is 10.1. The Hall–Kier alpha value is -2.20. The third-order valence-corrected chi connectivity index (χ3v) is 2.95. The number of hydrogen-bond donors (Lipinski definition) is 1. The van der Waals surface area contributed by atoms with Gasteiger partial charge in [-0.1, -0.05) is 18.2 Å². The van der Waals surface area contributed by atoms with Crippen LogP contribution in [-0.2, 0) is 0 Å². The van der Waals surface area contributed by atoms with Crippen LogP contribution in [0.25, 0.3) is 0 Å². The van der Waals surface area contributed by atoms with Crippen LogP contribution in [0, 0.1) is 0 Å². The van der Waals surface area contributed by atoms with Crippen LogP contribution in [0.3, 0.4) is 0 Å². The lowest BCUT2D eigenvalue weighted by molar-refractivity contribution is 0.190. The second-order valence-electron chi connectivity index (χ2n) is 4.30. The largest absolute Gasteiger partial charge is 0.496 e. The Bertz CT molecular complexity index is 578. The number of para-hydroxylation sites is 2. The van der Waals surface area contributed by atoms with Gasteiger partial charge in [0.1, 0.15) is 11.5 Å². The summed E-state index contributed by atoms with van der Waals surface area (Å²) in [5.41, 5.74) is 0.612. The third kappa shape index (κ3) is 2.86. The SMILES string of the molecule is COc1ccccc1Oc1cccc(OC)c1C(C)O. The van der Waals surface area contributed by atoms with Crippen LogP contribution in [0.4, 0.5) is 0 Å². The van der Waals surface area contributed by atoms with Gasteiger partial charge in [-0.15, -0.1) is 0 Å². The topological polar surface area (TPSA) is 47.9 Å². The van der Waals surface area contributed by atoms with Gasteiger partial charge >= 0.3 is 0 Å². The highest BCUT2D eigenvalue weighted by Gasteiger charge is 2.16. The van der Waals surface area contributed by atoms with E-state index in [9.17, 15) is 5.11 Å². The molecule has 0 aliphatic rings. The Labute approximate surface area is 118 Å². The van der Waals surface area contributed by atoms with Gasteiger partial charge in [-0.25, -0.2) is 0 Å². The summed E-state index contributed by atoms with van der Waals surface area (Å²) in [6, 6.07) is 12.7. The summed E-state index contributed by atoms with van der Waals surface area (Å²) in [7, 11) is 3.15. The predicted octanol–water partition coefficient (Wildman–Crippen LogP) is 3.55.